The molecule has 30 heavy (non-hydrogen) atoms. The second-order valence-corrected chi connectivity index (χ2v) is 8.28. The van der Waals surface area contributed by atoms with Crippen LogP contribution in [0.25, 0.3) is 0 Å². The van der Waals surface area contributed by atoms with Crippen LogP contribution in [0.15, 0.2) is 78.9 Å². The van der Waals surface area contributed by atoms with E-state index in [-0.39, 0.29) is 12.5 Å². The molecule has 0 heterocycles. The van der Waals surface area contributed by atoms with Gasteiger partial charge in [0.15, 0.2) is 6.61 Å². The third kappa shape index (κ3) is 7.14. The normalized spacial score (nSPS) is 10.8. The number of hydrogen-bond donors (Lipinski definition) is 2. The molecule has 0 aliphatic heterocycles. The predicted octanol–water partition coefficient (Wildman–Crippen LogP) is 3.65. The molecule has 0 aromatic heterocycles. The van der Waals surface area contributed by atoms with Gasteiger partial charge in [-0.1, -0.05) is 30.3 Å². The van der Waals surface area contributed by atoms with E-state index in [2.05, 4.69) is 10.0 Å². The van der Waals surface area contributed by atoms with Gasteiger partial charge in [-0.05, 0) is 54.1 Å². The monoisotopic (exact) mass is 426 g/mol. The zero-order chi connectivity index (χ0) is 21.4. The number of nitrogens with one attached hydrogen (secondary N) is 2. The average molecular weight is 426 g/mol. The molecular formula is C22H22N2O5S. The molecule has 0 atom stereocenters. The van der Waals surface area contributed by atoms with Crippen molar-refractivity contribution in [3.63, 3.8) is 0 Å². The highest BCUT2D eigenvalue weighted by atomic mass is 32.2. The number of rotatable bonds is 9. The highest BCUT2D eigenvalue weighted by molar-refractivity contribution is 7.92. The Labute approximate surface area is 175 Å². The number of sulfonamides is 1. The molecular weight excluding hydrogens is 404 g/mol. The second-order valence-electron chi connectivity index (χ2n) is 6.53. The van der Waals surface area contributed by atoms with Crippen LogP contribution >= 0.6 is 0 Å². The highest BCUT2D eigenvalue weighted by Gasteiger charge is 2.06. The van der Waals surface area contributed by atoms with Crippen LogP contribution < -0.4 is 19.5 Å². The fraction of sp³-hybridized carbons (Fsp3) is 0.136. The lowest BCUT2D eigenvalue weighted by Gasteiger charge is -2.10. The van der Waals surface area contributed by atoms with E-state index in [9.17, 15) is 13.2 Å². The summed E-state index contributed by atoms with van der Waals surface area (Å²) in [5.74, 6) is 0.923. The summed E-state index contributed by atoms with van der Waals surface area (Å²) < 4.78 is 36.0. The summed E-state index contributed by atoms with van der Waals surface area (Å²) in [6.07, 6.45) is 1.07. The number of ether oxygens (including phenoxy) is 2. The van der Waals surface area contributed by atoms with Gasteiger partial charge in [-0.15, -0.1) is 0 Å². The molecule has 0 fully saturated rings. The Morgan fingerprint density at radius 2 is 1.37 bits per heavy atom. The van der Waals surface area contributed by atoms with E-state index in [4.69, 9.17) is 9.47 Å². The van der Waals surface area contributed by atoms with Crippen LogP contribution in [0.4, 0.5) is 11.4 Å². The Hall–Kier alpha value is -3.52. The van der Waals surface area contributed by atoms with Crippen molar-refractivity contribution in [2.75, 3.05) is 22.9 Å². The summed E-state index contributed by atoms with van der Waals surface area (Å²) in [6.45, 7) is 0.315. The molecule has 0 radical (unpaired) electrons. The zero-order valence-electron chi connectivity index (χ0n) is 16.4. The summed E-state index contributed by atoms with van der Waals surface area (Å²) in [5, 5.41) is 2.69. The molecule has 3 aromatic rings. The maximum atomic E-state index is 12.1. The molecule has 8 heteroatoms. The van der Waals surface area contributed by atoms with E-state index in [0.717, 1.165) is 11.8 Å². The third-order valence-corrected chi connectivity index (χ3v) is 4.52. The van der Waals surface area contributed by atoms with E-state index in [1.165, 1.54) is 0 Å². The molecule has 0 saturated carbocycles. The van der Waals surface area contributed by atoms with Crippen LogP contribution in [-0.4, -0.2) is 27.2 Å². The number of carbonyl (C=O) groups excluding carboxylic acids is 1. The lowest BCUT2D eigenvalue weighted by atomic mass is 10.2. The Kier molecular flexibility index (Phi) is 6.92. The molecule has 0 saturated heterocycles. The third-order valence-electron chi connectivity index (χ3n) is 3.91. The molecule has 3 rings (SSSR count). The first-order chi connectivity index (χ1) is 14.4. The Morgan fingerprint density at radius 3 is 1.97 bits per heavy atom. The van der Waals surface area contributed by atoms with Gasteiger partial charge in [0.2, 0.25) is 10.0 Å². The van der Waals surface area contributed by atoms with Crippen molar-refractivity contribution < 1.29 is 22.7 Å². The molecule has 0 bridgehead atoms. The first-order valence-corrected chi connectivity index (χ1v) is 11.0. The van der Waals surface area contributed by atoms with Crippen LogP contribution in [0.5, 0.6) is 11.5 Å². The molecule has 1 amide bonds. The topological polar surface area (TPSA) is 93.7 Å². The summed E-state index contributed by atoms with van der Waals surface area (Å²) in [6, 6.07) is 23.2. The minimum atomic E-state index is -3.34. The highest BCUT2D eigenvalue weighted by Crippen LogP contribution is 2.19. The van der Waals surface area contributed by atoms with Gasteiger partial charge in [0.05, 0.1) is 6.26 Å². The molecule has 2 N–H and O–H groups in total. The van der Waals surface area contributed by atoms with Crippen molar-refractivity contribution in [2.24, 2.45) is 0 Å². The average Bonchev–Trinajstić information content (AvgIpc) is 2.73. The van der Waals surface area contributed by atoms with Crippen LogP contribution in [0, 0.1) is 0 Å². The van der Waals surface area contributed by atoms with E-state index >= 15 is 0 Å². The first kappa shape index (κ1) is 21.2. The Balaban J connectivity index is 1.44. The molecule has 0 spiro atoms. The van der Waals surface area contributed by atoms with Gasteiger partial charge in [0.25, 0.3) is 5.91 Å². The lowest BCUT2D eigenvalue weighted by Crippen LogP contribution is -2.20. The molecule has 156 valence electrons. The van der Waals surface area contributed by atoms with Crippen molar-refractivity contribution in [1.82, 2.24) is 0 Å². The van der Waals surface area contributed by atoms with Crippen LogP contribution in [0.3, 0.4) is 0 Å². The van der Waals surface area contributed by atoms with Gasteiger partial charge in [-0.25, -0.2) is 8.42 Å². The predicted molar refractivity (Wildman–Crippen MR) is 116 cm³/mol. The number of amides is 1. The van der Waals surface area contributed by atoms with Crippen LogP contribution in [0.2, 0.25) is 0 Å². The maximum absolute atomic E-state index is 12.1. The van der Waals surface area contributed by atoms with Gasteiger partial charge in [-0.2, -0.15) is 0 Å². The van der Waals surface area contributed by atoms with Gasteiger partial charge in [0, 0.05) is 11.4 Å². The van der Waals surface area contributed by atoms with Crippen molar-refractivity contribution in [2.45, 2.75) is 6.61 Å². The fourth-order valence-electron chi connectivity index (χ4n) is 2.55. The van der Waals surface area contributed by atoms with Crippen molar-refractivity contribution in [1.29, 1.82) is 0 Å². The van der Waals surface area contributed by atoms with Gasteiger partial charge in [-0.3, -0.25) is 9.52 Å². The SMILES string of the molecule is CS(=O)(=O)Nc1ccc(NC(=O)COc2ccc(OCc3ccccc3)cc2)cc1. The number of anilines is 2. The minimum absolute atomic E-state index is 0.159. The van der Waals surface area contributed by atoms with Crippen molar-refractivity contribution >= 4 is 27.3 Å². The van der Waals surface area contributed by atoms with E-state index in [1.807, 2.05) is 30.3 Å². The Morgan fingerprint density at radius 1 is 0.800 bits per heavy atom. The standard InChI is InChI=1S/C22H22N2O5S/c1-30(26,27)24-19-9-7-18(8-10-19)23-22(25)16-29-21-13-11-20(12-14-21)28-15-17-5-3-2-4-6-17/h2-14,24H,15-16H2,1H3,(H,23,25). The fourth-order valence-corrected chi connectivity index (χ4v) is 3.12. The summed E-state index contributed by atoms with van der Waals surface area (Å²) in [4.78, 5) is 12.1. The Bertz CT molecular complexity index is 1070. The molecule has 0 aliphatic rings. The van der Waals surface area contributed by atoms with E-state index < -0.39 is 10.0 Å². The summed E-state index contributed by atoms with van der Waals surface area (Å²) >= 11 is 0. The summed E-state index contributed by atoms with van der Waals surface area (Å²) in [7, 11) is -3.34. The second kappa shape index (κ2) is 9.80. The number of carbonyl (C=O) groups is 1. The van der Waals surface area contributed by atoms with E-state index in [1.54, 1.807) is 48.5 Å². The largest absolute Gasteiger partial charge is 0.489 e. The van der Waals surface area contributed by atoms with Gasteiger partial charge >= 0.3 is 0 Å². The number of benzene rings is 3. The molecule has 0 aliphatic carbocycles. The molecule has 0 unspecified atom stereocenters. The van der Waals surface area contributed by atoms with Crippen molar-refractivity contribution in [3.8, 4) is 11.5 Å². The summed E-state index contributed by atoms with van der Waals surface area (Å²) in [5.41, 5.74) is 2.03. The quantitative estimate of drug-likeness (QED) is 0.545. The zero-order valence-corrected chi connectivity index (χ0v) is 17.2. The van der Waals surface area contributed by atoms with Crippen LogP contribution in [0.1, 0.15) is 5.56 Å². The smallest absolute Gasteiger partial charge is 0.262 e. The van der Waals surface area contributed by atoms with E-state index in [0.29, 0.717) is 29.5 Å². The van der Waals surface area contributed by atoms with Gasteiger partial charge < -0.3 is 14.8 Å². The first-order valence-electron chi connectivity index (χ1n) is 9.15. The van der Waals surface area contributed by atoms with Gasteiger partial charge in [0.1, 0.15) is 18.1 Å². The lowest BCUT2D eigenvalue weighted by molar-refractivity contribution is -0.118. The number of hydrogen-bond acceptors (Lipinski definition) is 5. The van der Waals surface area contributed by atoms with Crippen LogP contribution in [-0.2, 0) is 21.4 Å². The maximum Gasteiger partial charge on any atom is 0.262 e. The molecule has 3 aromatic carbocycles. The minimum Gasteiger partial charge on any atom is -0.489 e. The van der Waals surface area contributed by atoms with Crippen molar-refractivity contribution in [3.05, 3.63) is 84.4 Å². The molecule has 7 nitrogen and oxygen atoms in total.